The zero-order valence-electron chi connectivity index (χ0n) is 16.4. The van der Waals surface area contributed by atoms with Gasteiger partial charge in [0.15, 0.2) is 0 Å². The highest BCUT2D eigenvalue weighted by molar-refractivity contribution is 5.82. The molecule has 27 heavy (non-hydrogen) atoms. The summed E-state index contributed by atoms with van der Waals surface area (Å²) >= 11 is 0. The summed E-state index contributed by atoms with van der Waals surface area (Å²) in [5.74, 6) is 1.73. The van der Waals surface area contributed by atoms with Crippen molar-refractivity contribution in [2.75, 3.05) is 26.2 Å². The SMILES string of the molecule is CC(=O)N1C2CCC(C3CNN(CC#N)C3)CC2N(C(=O)C2CC2)C[C@@H]1C. The Balaban J connectivity index is 1.51. The number of carbonyl (C=O) groups is 2. The van der Waals surface area contributed by atoms with Crippen LogP contribution in [0.4, 0.5) is 0 Å². The summed E-state index contributed by atoms with van der Waals surface area (Å²) in [6.07, 6.45) is 5.10. The van der Waals surface area contributed by atoms with Crippen LogP contribution in [0.2, 0.25) is 0 Å². The maximum absolute atomic E-state index is 13.0. The Morgan fingerprint density at radius 3 is 2.56 bits per heavy atom. The van der Waals surface area contributed by atoms with E-state index < -0.39 is 0 Å². The standard InChI is InChI=1S/C20H31N5O2/c1-13-11-24(20(27)15-3-4-15)19-9-16(5-6-18(19)25(13)14(2)26)17-10-22-23(12-17)8-7-21/h13,15-19,22H,3-6,8-12H2,1-2H3/t13-,16?,17?,18?,19?/m0/s1. The van der Waals surface area contributed by atoms with Crippen molar-refractivity contribution in [3.05, 3.63) is 0 Å². The summed E-state index contributed by atoms with van der Waals surface area (Å²) in [6.45, 7) is 6.64. The molecule has 0 aromatic carbocycles. The number of hydrazine groups is 1. The maximum atomic E-state index is 13.0. The molecule has 0 aromatic heterocycles. The van der Waals surface area contributed by atoms with E-state index in [1.807, 2.05) is 9.91 Å². The van der Waals surface area contributed by atoms with Gasteiger partial charge in [0.25, 0.3) is 0 Å². The third-order valence-corrected chi connectivity index (χ3v) is 7.05. The van der Waals surface area contributed by atoms with Gasteiger partial charge in [-0.1, -0.05) is 0 Å². The van der Waals surface area contributed by atoms with Crippen LogP contribution in [0.3, 0.4) is 0 Å². The lowest BCUT2D eigenvalue weighted by Crippen LogP contribution is -2.67. The van der Waals surface area contributed by atoms with E-state index in [1.165, 1.54) is 0 Å². The van der Waals surface area contributed by atoms with Gasteiger partial charge >= 0.3 is 0 Å². The van der Waals surface area contributed by atoms with Gasteiger partial charge in [0.1, 0.15) is 6.54 Å². The molecule has 7 nitrogen and oxygen atoms in total. The highest BCUT2D eigenvalue weighted by atomic mass is 16.2. The van der Waals surface area contributed by atoms with Crippen molar-refractivity contribution in [1.82, 2.24) is 20.2 Å². The number of fused-ring (bicyclic) bond motifs is 1. The summed E-state index contributed by atoms with van der Waals surface area (Å²) < 4.78 is 0. The monoisotopic (exact) mass is 373 g/mol. The molecule has 0 spiro atoms. The molecule has 2 aliphatic carbocycles. The van der Waals surface area contributed by atoms with Crippen LogP contribution in [0, 0.1) is 29.1 Å². The van der Waals surface area contributed by atoms with E-state index in [0.29, 0.717) is 30.8 Å². The van der Waals surface area contributed by atoms with Crippen LogP contribution >= 0.6 is 0 Å². The number of rotatable bonds is 3. The quantitative estimate of drug-likeness (QED) is 0.746. The van der Waals surface area contributed by atoms with Gasteiger partial charge in [-0.15, -0.1) is 0 Å². The number of piperazine rings is 1. The third kappa shape index (κ3) is 3.57. The predicted molar refractivity (Wildman–Crippen MR) is 100 cm³/mol. The molecule has 2 saturated carbocycles. The van der Waals surface area contributed by atoms with E-state index in [-0.39, 0.29) is 30.0 Å². The minimum atomic E-state index is 0.0993. The van der Waals surface area contributed by atoms with E-state index >= 15 is 0 Å². The van der Waals surface area contributed by atoms with Crippen LogP contribution in [0.25, 0.3) is 0 Å². The zero-order chi connectivity index (χ0) is 19.1. The molecule has 0 aromatic rings. The van der Waals surface area contributed by atoms with Crippen molar-refractivity contribution >= 4 is 11.8 Å². The largest absolute Gasteiger partial charge is 0.335 e. The molecule has 4 rings (SSSR count). The Kier molecular flexibility index (Phi) is 5.13. The second-order valence-corrected chi connectivity index (χ2v) is 8.91. The Morgan fingerprint density at radius 1 is 1.11 bits per heavy atom. The zero-order valence-corrected chi connectivity index (χ0v) is 16.4. The summed E-state index contributed by atoms with van der Waals surface area (Å²) in [7, 11) is 0. The van der Waals surface area contributed by atoms with E-state index in [1.54, 1.807) is 6.92 Å². The molecule has 2 aliphatic heterocycles. The van der Waals surface area contributed by atoms with Gasteiger partial charge in [0.2, 0.25) is 11.8 Å². The van der Waals surface area contributed by atoms with Crippen molar-refractivity contribution in [3.8, 4) is 6.07 Å². The lowest BCUT2D eigenvalue weighted by molar-refractivity contribution is -0.155. The van der Waals surface area contributed by atoms with Crippen LogP contribution in [0.1, 0.15) is 46.0 Å². The summed E-state index contributed by atoms with van der Waals surface area (Å²) in [6, 6.07) is 2.63. The maximum Gasteiger partial charge on any atom is 0.226 e. The molecule has 2 amide bonds. The number of nitrogens with one attached hydrogen (secondary N) is 1. The van der Waals surface area contributed by atoms with Crippen molar-refractivity contribution in [3.63, 3.8) is 0 Å². The molecule has 0 bridgehead atoms. The van der Waals surface area contributed by atoms with Crippen LogP contribution in [0.5, 0.6) is 0 Å². The van der Waals surface area contributed by atoms with Crippen molar-refractivity contribution in [1.29, 1.82) is 5.26 Å². The molecule has 7 heteroatoms. The van der Waals surface area contributed by atoms with Crippen LogP contribution < -0.4 is 5.43 Å². The molecule has 0 radical (unpaired) electrons. The Labute approximate surface area is 161 Å². The van der Waals surface area contributed by atoms with Crippen LogP contribution in [-0.4, -0.2) is 70.9 Å². The lowest BCUT2D eigenvalue weighted by Gasteiger charge is -2.54. The first-order valence-electron chi connectivity index (χ1n) is 10.4. The minimum absolute atomic E-state index is 0.0993. The molecular weight excluding hydrogens is 342 g/mol. The van der Waals surface area contributed by atoms with Gasteiger partial charge in [0.05, 0.1) is 18.2 Å². The Bertz CT molecular complexity index is 643. The number of hydrogen-bond acceptors (Lipinski definition) is 5. The highest BCUT2D eigenvalue weighted by Crippen LogP contribution is 2.41. The summed E-state index contributed by atoms with van der Waals surface area (Å²) in [5.41, 5.74) is 3.34. The fourth-order valence-electron chi connectivity index (χ4n) is 5.63. The van der Waals surface area contributed by atoms with E-state index in [4.69, 9.17) is 5.26 Å². The second-order valence-electron chi connectivity index (χ2n) is 8.91. The molecule has 4 unspecified atom stereocenters. The van der Waals surface area contributed by atoms with Crippen LogP contribution in [0.15, 0.2) is 0 Å². The lowest BCUT2D eigenvalue weighted by atomic mass is 9.73. The van der Waals surface area contributed by atoms with Gasteiger partial charge in [-0.25, -0.2) is 5.01 Å². The predicted octanol–water partition coefficient (Wildman–Crippen LogP) is 0.973. The van der Waals surface area contributed by atoms with Crippen molar-refractivity contribution in [2.24, 2.45) is 17.8 Å². The van der Waals surface area contributed by atoms with E-state index in [0.717, 1.165) is 45.2 Å². The number of carbonyl (C=O) groups excluding carboxylic acids is 2. The summed E-state index contributed by atoms with van der Waals surface area (Å²) in [4.78, 5) is 29.5. The second kappa shape index (κ2) is 7.40. The number of nitrogens with zero attached hydrogens (tertiary/aromatic N) is 4. The van der Waals surface area contributed by atoms with Crippen LogP contribution in [-0.2, 0) is 9.59 Å². The van der Waals surface area contributed by atoms with E-state index in [2.05, 4.69) is 23.3 Å². The Morgan fingerprint density at radius 2 is 1.89 bits per heavy atom. The first-order valence-corrected chi connectivity index (χ1v) is 10.4. The number of hydrogen-bond donors (Lipinski definition) is 1. The fourth-order valence-corrected chi connectivity index (χ4v) is 5.63. The molecule has 5 atom stereocenters. The topological polar surface area (TPSA) is 79.7 Å². The van der Waals surface area contributed by atoms with Crippen molar-refractivity contribution in [2.45, 2.75) is 64.1 Å². The molecule has 2 heterocycles. The average Bonchev–Trinajstić information content (AvgIpc) is 3.39. The van der Waals surface area contributed by atoms with Gasteiger partial charge < -0.3 is 9.80 Å². The first kappa shape index (κ1) is 18.7. The Hall–Kier alpha value is -1.65. The molecule has 4 fully saturated rings. The average molecular weight is 374 g/mol. The normalized spacial score (nSPS) is 37.0. The van der Waals surface area contributed by atoms with Gasteiger partial charge in [-0.3, -0.25) is 15.0 Å². The molecule has 2 saturated heterocycles. The minimum Gasteiger partial charge on any atom is -0.335 e. The molecule has 4 aliphatic rings. The number of nitriles is 1. The van der Waals surface area contributed by atoms with Gasteiger partial charge in [-0.2, -0.15) is 5.26 Å². The van der Waals surface area contributed by atoms with Gasteiger partial charge in [0, 0.05) is 38.5 Å². The molecule has 1 N–H and O–H groups in total. The fraction of sp³-hybridized carbons (Fsp3) is 0.850. The highest BCUT2D eigenvalue weighted by Gasteiger charge is 2.49. The molecule has 148 valence electrons. The first-order chi connectivity index (χ1) is 13.0. The summed E-state index contributed by atoms with van der Waals surface area (Å²) in [5, 5.41) is 10.9. The smallest absolute Gasteiger partial charge is 0.226 e. The van der Waals surface area contributed by atoms with E-state index in [9.17, 15) is 9.59 Å². The number of amides is 2. The van der Waals surface area contributed by atoms with Gasteiger partial charge in [-0.05, 0) is 50.9 Å². The third-order valence-electron chi connectivity index (χ3n) is 7.05. The van der Waals surface area contributed by atoms with Crippen molar-refractivity contribution < 1.29 is 9.59 Å². The molecular formula is C20H31N5O2.